The largest absolute Gasteiger partial charge is 0.478 e. The van der Waals surface area contributed by atoms with Crippen molar-refractivity contribution in [3.63, 3.8) is 0 Å². The molecule has 1 aromatic carbocycles. The van der Waals surface area contributed by atoms with Crippen LogP contribution in [0.2, 0.25) is 0 Å². The molecule has 0 bridgehead atoms. The quantitative estimate of drug-likeness (QED) is 0.846. The van der Waals surface area contributed by atoms with Crippen molar-refractivity contribution >= 4 is 16.9 Å². The second kappa shape index (κ2) is 5.79. The van der Waals surface area contributed by atoms with Crippen molar-refractivity contribution in [2.45, 2.75) is 65.8 Å². The molecule has 0 aliphatic carbocycles. The Morgan fingerprint density at radius 3 is 2.36 bits per heavy atom. The van der Waals surface area contributed by atoms with Crippen molar-refractivity contribution in [1.82, 2.24) is 4.57 Å². The molecule has 22 heavy (non-hydrogen) atoms. The van der Waals surface area contributed by atoms with Gasteiger partial charge in [0, 0.05) is 17.6 Å². The van der Waals surface area contributed by atoms with E-state index in [1.54, 1.807) is 0 Å². The molecule has 1 aromatic heterocycles. The summed E-state index contributed by atoms with van der Waals surface area (Å²) in [6.07, 6.45) is 4.24. The average Bonchev–Trinajstić information content (AvgIpc) is 2.76. The van der Waals surface area contributed by atoms with E-state index in [2.05, 4.69) is 52.3 Å². The number of hydrogen-bond acceptors (Lipinski definition) is 1. The van der Waals surface area contributed by atoms with E-state index in [0.717, 1.165) is 23.8 Å². The zero-order valence-corrected chi connectivity index (χ0v) is 14.5. The fourth-order valence-electron chi connectivity index (χ4n) is 3.03. The van der Waals surface area contributed by atoms with Gasteiger partial charge < -0.3 is 9.67 Å². The van der Waals surface area contributed by atoms with Crippen molar-refractivity contribution in [3.05, 3.63) is 35.0 Å². The van der Waals surface area contributed by atoms with Crippen LogP contribution in [0, 0.1) is 0 Å². The molecule has 0 spiro atoms. The molecule has 0 unspecified atom stereocenters. The van der Waals surface area contributed by atoms with Crippen LogP contribution < -0.4 is 0 Å². The Morgan fingerprint density at radius 1 is 1.27 bits per heavy atom. The molecule has 120 valence electrons. The van der Waals surface area contributed by atoms with Crippen molar-refractivity contribution in [1.29, 1.82) is 0 Å². The van der Waals surface area contributed by atoms with Crippen LogP contribution >= 0.6 is 0 Å². The molecule has 0 atom stereocenters. The third-order valence-corrected chi connectivity index (χ3v) is 4.14. The molecule has 0 aliphatic rings. The summed E-state index contributed by atoms with van der Waals surface area (Å²) >= 11 is 0. The number of carboxylic acids is 1. The van der Waals surface area contributed by atoms with E-state index in [0.29, 0.717) is 11.6 Å². The van der Waals surface area contributed by atoms with Gasteiger partial charge in [-0.25, -0.2) is 4.79 Å². The van der Waals surface area contributed by atoms with Gasteiger partial charge in [-0.3, -0.25) is 0 Å². The Labute approximate surface area is 133 Å². The molecule has 0 amide bonds. The van der Waals surface area contributed by atoms with Gasteiger partial charge in [0.25, 0.3) is 0 Å². The summed E-state index contributed by atoms with van der Waals surface area (Å²) in [5, 5.41) is 10.6. The molecule has 2 aromatic rings. The summed E-state index contributed by atoms with van der Waals surface area (Å²) in [6.45, 7) is 12.9. The fraction of sp³-hybridized carbons (Fsp3) is 0.526. The highest BCUT2D eigenvalue weighted by Crippen LogP contribution is 2.36. The maximum atomic E-state index is 11.5. The SMILES string of the molecule is CCCc1cn(C(C)C)c2c(C(C)(C)C)cc(C(=O)O)cc12. The summed E-state index contributed by atoms with van der Waals surface area (Å²) < 4.78 is 2.30. The van der Waals surface area contributed by atoms with E-state index in [1.165, 1.54) is 11.1 Å². The van der Waals surface area contributed by atoms with Crippen molar-refractivity contribution < 1.29 is 9.90 Å². The van der Waals surface area contributed by atoms with Crippen molar-refractivity contribution in [3.8, 4) is 0 Å². The number of aryl methyl sites for hydroxylation is 1. The van der Waals surface area contributed by atoms with Gasteiger partial charge in [0.2, 0.25) is 0 Å². The Hall–Kier alpha value is -1.77. The zero-order chi connectivity index (χ0) is 16.7. The van der Waals surface area contributed by atoms with Crippen LogP contribution in [-0.4, -0.2) is 15.6 Å². The average molecular weight is 301 g/mol. The molecule has 2 rings (SSSR count). The zero-order valence-electron chi connectivity index (χ0n) is 14.5. The number of fused-ring (bicyclic) bond motifs is 1. The monoisotopic (exact) mass is 301 g/mol. The van der Waals surface area contributed by atoms with Gasteiger partial charge in [-0.05, 0) is 48.9 Å². The highest BCUT2D eigenvalue weighted by atomic mass is 16.4. The van der Waals surface area contributed by atoms with Crippen LogP contribution in [-0.2, 0) is 11.8 Å². The molecule has 0 saturated heterocycles. The van der Waals surface area contributed by atoms with Crippen molar-refractivity contribution in [2.75, 3.05) is 0 Å². The second-order valence-corrected chi connectivity index (χ2v) is 7.38. The maximum Gasteiger partial charge on any atom is 0.335 e. The van der Waals surface area contributed by atoms with Crippen LogP contribution in [0.25, 0.3) is 10.9 Å². The Morgan fingerprint density at radius 2 is 1.91 bits per heavy atom. The first-order valence-corrected chi connectivity index (χ1v) is 8.08. The van der Waals surface area contributed by atoms with E-state index >= 15 is 0 Å². The highest BCUT2D eigenvalue weighted by Gasteiger charge is 2.24. The second-order valence-electron chi connectivity index (χ2n) is 7.38. The van der Waals surface area contributed by atoms with Crippen LogP contribution in [0.5, 0.6) is 0 Å². The van der Waals surface area contributed by atoms with Gasteiger partial charge in [0.15, 0.2) is 0 Å². The van der Waals surface area contributed by atoms with Gasteiger partial charge in [-0.2, -0.15) is 0 Å². The predicted octanol–water partition coefficient (Wildman–Crippen LogP) is 5.17. The van der Waals surface area contributed by atoms with Crippen LogP contribution in [0.1, 0.15) is 75.5 Å². The molecular formula is C19H27NO2. The van der Waals surface area contributed by atoms with E-state index in [-0.39, 0.29) is 5.41 Å². The summed E-state index contributed by atoms with van der Waals surface area (Å²) in [5.74, 6) is -0.854. The predicted molar refractivity (Wildman–Crippen MR) is 92.0 cm³/mol. The molecular weight excluding hydrogens is 274 g/mol. The van der Waals surface area contributed by atoms with E-state index in [9.17, 15) is 9.90 Å². The number of nitrogens with zero attached hydrogens (tertiary/aromatic N) is 1. The smallest absolute Gasteiger partial charge is 0.335 e. The highest BCUT2D eigenvalue weighted by molar-refractivity contribution is 5.97. The first kappa shape index (κ1) is 16.6. The van der Waals surface area contributed by atoms with Gasteiger partial charge in [0.1, 0.15) is 0 Å². The van der Waals surface area contributed by atoms with E-state index < -0.39 is 5.97 Å². The molecule has 0 fully saturated rings. The number of carbonyl (C=O) groups is 1. The minimum atomic E-state index is -0.854. The number of aromatic carboxylic acids is 1. The van der Waals surface area contributed by atoms with E-state index in [1.807, 2.05) is 12.1 Å². The molecule has 0 aliphatic heterocycles. The number of rotatable bonds is 4. The molecule has 0 radical (unpaired) electrons. The Kier molecular flexibility index (Phi) is 4.37. The fourth-order valence-corrected chi connectivity index (χ4v) is 3.03. The molecule has 3 heteroatoms. The van der Waals surface area contributed by atoms with E-state index in [4.69, 9.17) is 0 Å². The minimum absolute atomic E-state index is 0.0990. The summed E-state index contributed by atoms with van der Waals surface area (Å²) in [6, 6.07) is 4.04. The lowest BCUT2D eigenvalue weighted by atomic mass is 9.84. The Bertz CT molecular complexity index is 702. The third-order valence-electron chi connectivity index (χ3n) is 4.14. The van der Waals surface area contributed by atoms with Crippen LogP contribution in [0.4, 0.5) is 0 Å². The summed E-state index contributed by atoms with van der Waals surface area (Å²) in [4.78, 5) is 11.5. The van der Waals surface area contributed by atoms with Gasteiger partial charge in [0.05, 0.1) is 11.1 Å². The lowest BCUT2D eigenvalue weighted by Gasteiger charge is -2.23. The minimum Gasteiger partial charge on any atom is -0.478 e. The Balaban J connectivity index is 2.92. The van der Waals surface area contributed by atoms with Gasteiger partial charge in [-0.1, -0.05) is 34.1 Å². The summed E-state index contributed by atoms with van der Waals surface area (Å²) in [5.41, 5.74) is 3.84. The lowest BCUT2D eigenvalue weighted by molar-refractivity contribution is 0.0697. The maximum absolute atomic E-state index is 11.5. The van der Waals surface area contributed by atoms with Gasteiger partial charge in [-0.15, -0.1) is 0 Å². The number of benzene rings is 1. The molecule has 0 saturated carbocycles. The number of hydrogen-bond donors (Lipinski definition) is 1. The standard InChI is InChI=1S/C19H27NO2/c1-7-8-13-11-20(12(2)3)17-15(13)9-14(18(21)22)10-16(17)19(4,5)6/h9-12H,7-8H2,1-6H3,(H,21,22). The normalized spacial score (nSPS) is 12.3. The summed E-state index contributed by atoms with van der Waals surface area (Å²) in [7, 11) is 0. The molecule has 1 N–H and O–H groups in total. The van der Waals surface area contributed by atoms with Crippen molar-refractivity contribution in [2.24, 2.45) is 0 Å². The molecule has 3 nitrogen and oxygen atoms in total. The van der Waals surface area contributed by atoms with Crippen LogP contribution in [0.15, 0.2) is 18.3 Å². The topological polar surface area (TPSA) is 42.2 Å². The number of carboxylic acid groups (broad SMARTS) is 1. The molecule has 1 heterocycles. The third kappa shape index (κ3) is 2.90. The first-order valence-electron chi connectivity index (χ1n) is 8.08. The van der Waals surface area contributed by atoms with Crippen LogP contribution in [0.3, 0.4) is 0 Å². The lowest BCUT2D eigenvalue weighted by Crippen LogP contribution is -2.15. The first-order chi connectivity index (χ1) is 10.2. The van der Waals surface area contributed by atoms with Gasteiger partial charge >= 0.3 is 5.97 Å². The number of aromatic nitrogens is 1.